The predicted molar refractivity (Wildman–Crippen MR) is 51.7 cm³/mol. The van der Waals surface area contributed by atoms with E-state index < -0.39 is 0 Å². The van der Waals surface area contributed by atoms with Crippen LogP contribution in [0.1, 0.15) is 12.8 Å². The van der Waals surface area contributed by atoms with Crippen LogP contribution >= 0.6 is 0 Å². The van der Waals surface area contributed by atoms with Crippen molar-refractivity contribution in [3.63, 3.8) is 0 Å². The monoisotopic (exact) mass is 202 g/mol. The largest absolute Gasteiger partial charge is 0.394 e. The minimum atomic E-state index is -0.0463. The summed E-state index contributed by atoms with van der Waals surface area (Å²) in [4.78, 5) is 13.2. The molecule has 0 spiro atoms. The van der Waals surface area contributed by atoms with Crippen LogP contribution in [0.25, 0.3) is 0 Å². The van der Waals surface area contributed by atoms with Gasteiger partial charge in [-0.25, -0.2) is 0 Å². The third kappa shape index (κ3) is 2.94. The van der Waals surface area contributed by atoms with Gasteiger partial charge in [-0.1, -0.05) is 0 Å². The number of carbonyl (C=O) groups excluding carboxylic acids is 1. The van der Waals surface area contributed by atoms with Gasteiger partial charge in [0.1, 0.15) is 6.61 Å². The molecule has 0 saturated carbocycles. The lowest BCUT2D eigenvalue weighted by molar-refractivity contribution is -0.137. The van der Waals surface area contributed by atoms with Crippen LogP contribution in [-0.2, 0) is 9.53 Å². The third-order valence-corrected chi connectivity index (χ3v) is 2.40. The van der Waals surface area contributed by atoms with Gasteiger partial charge in [0.2, 0.25) is 5.91 Å². The number of ether oxygens (including phenoxy) is 1. The van der Waals surface area contributed by atoms with E-state index in [0.717, 1.165) is 19.4 Å². The molecule has 0 aliphatic carbocycles. The number of amides is 1. The molecule has 1 aliphatic rings. The molecule has 0 radical (unpaired) electrons. The standard InChI is InChI=1S/C9H18N2O3/c10-3-5-14-7-9(13)11-4-1-2-8(11)6-12/h8,12H,1-7,10H2. The van der Waals surface area contributed by atoms with Gasteiger partial charge in [0.15, 0.2) is 0 Å². The van der Waals surface area contributed by atoms with E-state index in [1.54, 1.807) is 4.90 Å². The van der Waals surface area contributed by atoms with Gasteiger partial charge in [-0.2, -0.15) is 0 Å². The van der Waals surface area contributed by atoms with E-state index in [2.05, 4.69) is 0 Å². The Balaban J connectivity index is 2.28. The Bertz CT molecular complexity index is 187. The lowest BCUT2D eigenvalue weighted by atomic mass is 10.2. The minimum absolute atomic E-state index is 0.0102. The summed E-state index contributed by atoms with van der Waals surface area (Å²) in [5.74, 6) is -0.0463. The molecule has 14 heavy (non-hydrogen) atoms. The van der Waals surface area contributed by atoms with E-state index in [1.807, 2.05) is 0 Å². The number of nitrogens with two attached hydrogens (primary N) is 1. The van der Waals surface area contributed by atoms with Gasteiger partial charge in [-0.05, 0) is 12.8 Å². The van der Waals surface area contributed by atoms with Crippen molar-refractivity contribution >= 4 is 5.91 Å². The SMILES string of the molecule is NCCOCC(=O)N1CCCC1CO. The first-order valence-electron chi connectivity index (χ1n) is 4.97. The smallest absolute Gasteiger partial charge is 0.248 e. The van der Waals surface area contributed by atoms with E-state index in [0.29, 0.717) is 13.2 Å². The van der Waals surface area contributed by atoms with Crippen molar-refractivity contribution in [3.8, 4) is 0 Å². The maximum absolute atomic E-state index is 11.5. The molecule has 1 heterocycles. The summed E-state index contributed by atoms with van der Waals surface area (Å²) in [6.07, 6.45) is 1.85. The van der Waals surface area contributed by atoms with Gasteiger partial charge in [-0.15, -0.1) is 0 Å². The average molecular weight is 202 g/mol. The number of rotatable bonds is 5. The molecule has 0 bridgehead atoms. The molecule has 0 aromatic rings. The number of aliphatic hydroxyl groups excluding tert-OH is 1. The highest BCUT2D eigenvalue weighted by atomic mass is 16.5. The Morgan fingerprint density at radius 2 is 2.43 bits per heavy atom. The third-order valence-electron chi connectivity index (χ3n) is 2.40. The van der Waals surface area contributed by atoms with Crippen molar-refractivity contribution in [1.29, 1.82) is 0 Å². The number of hydrogen-bond donors (Lipinski definition) is 2. The van der Waals surface area contributed by atoms with Crippen LogP contribution in [0.3, 0.4) is 0 Å². The fourth-order valence-electron chi connectivity index (χ4n) is 1.68. The summed E-state index contributed by atoms with van der Waals surface area (Å²) >= 11 is 0. The van der Waals surface area contributed by atoms with Crippen LogP contribution in [0.15, 0.2) is 0 Å². The van der Waals surface area contributed by atoms with Crippen molar-refractivity contribution in [3.05, 3.63) is 0 Å². The fraction of sp³-hybridized carbons (Fsp3) is 0.889. The summed E-state index contributed by atoms with van der Waals surface area (Å²) in [5, 5.41) is 9.00. The first-order valence-corrected chi connectivity index (χ1v) is 4.97. The lowest BCUT2D eigenvalue weighted by Gasteiger charge is -2.22. The molecule has 82 valence electrons. The second-order valence-electron chi connectivity index (χ2n) is 3.41. The summed E-state index contributed by atoms with van der Waals surface area (Å²) < 4.78 is 5.05. The van der Waals surface area contributed by atoms with E-state index in [-0.39, 0.29) is 25.2 Å². The molecule has 5 heteroatoms. The van der Waals surface area contributed by atoms with Crippen LogP contribution in [0, 0.1) is 0 Å². The van der Waals surface area contributed by atoms with Crippen LogP contribution in [-0.4, -0.2) is 54.9 Å². The molecule has 3 N–H and O–H groups in total. The van der Waals surface area contributed by atoms with Gasteiger partial charge in [-0.3, -0.25) is 4.79 Å². The second-order valence-corrected chi connectivity index (χ2v) is 3.41. The summed E-state index contributed by atoms with van der Waals surface area (Å²) in [5.41, 5.74) is 5.23. The van der Waals surface area contributed by atoms with E-state index in [4.69, 9.17) is 15.6 Å². The molecule has 1 saturated heterocycles. The quantitative estimate of drug-likeness (QED) is 0.557. The zero-order valence-corrected chi connectivity index (χ0v) is 8.32. The van der Waals surface area contributed by atoms with Crippen molar-refractivity contribution in [2.24, 2.45) is 5.73 Å². The van der Waals surface area contributed by atoms with Gasteiger partial charge in [0.25, 0.3) is 0 Å². The summed E-state index contributed by atoms with van der Waals surface area (Å²) in [7, 11) is 0. The molecule has 1 atom stereocenters. The molecule has 1 aliphatic heterocycles. The Hall–Kier alpha value is -0.650. The Morgan fingerprint density at radius 3 is 3.07 bits per heavy atom. The van der Waals surface area contributed by atoms with Crippen molar-refractivity contribution < 1.29 is 14.6 Å². The second kappa shape index (κ2) is 5.95. The zero-order chi connectivity index (χ0) is 10.4. The highest BCUT2D eigenvalue weighted by Crippen LogP contribution is 2.16. The van der Waals surface area contributed by atoms with Crippen molar-refractivity contribution in [1.82, 2.24) is 4.90 Å². The van der Waals surface area contributed by atoms with Crippen molar-refractivity contribution in [2.75, 3.05) is 32.9 Å². The topological polar surface area (TPSA) is 75.8 Å². The van der Waals surface area contributed by atoms with E-state index in [9.17, 15) is 4.79 Å². The Morgan fingerprint density at radius 1 is 1.64 bits per heavy atom. The predicted octanol–water partition coefficient (Wildman–Crippen LogP) is -1.05. The molecule has 1 rings (SSSR count). The molecular weight excluding hydrogens is 184 g/mol. The molecule has 0 aromatic heterocycles. The maximum Gasteiger partial charge on any atom is 0.248 e. The van der Waals surface area contributed by atoms with Gasteiger partial charge in [0, 0.05) is 13.1 Å². The van der Waals surface area contributed by atoms with Crippen LogP contribution < -0.4 is 5.73 Å². The molecule has 0 aromatic carbocycles. The van der Waals surface area contributed by atoms with Crippen LogP contribution in [0.5, 0.6) is 0 Å². The Labute approximate surface area is 83.8 Å². The molecule has 1 amide bonds. The van der Waals surface area contributed by atoms with Crippen LogP contribution in [0.2, 0.25) is 0 Å². The van der Waals surface area contributed by atoms with Crippen molar-refractivity contribution in [2.45, 2.75) is 18.9 Å². The highest BCUT2D eigenvalue weighted by molar-refractivity contribution is 5.78. The molecule has 1 unspecified atom stereocenters. The summed E-state index contributed by atoms with van der Waals surface area (Å²) in [6.45, 7) is 1.69. The number of nitrogens with zero attached hydrogens (tertiary/aromatic N) is 1. The lowest BCUT2D eigenvalue weighted by Crippen LogP contribution is -2.40. The first-order chi connectivity index (χ1) is 6.79. The van der Waals surface area contributed by atoms with E-state index >= 15 is 0 Å². The summed E-state index contributed by atoms with van der Waals surface area (Å²) in [6, 6.07) is -0.0102. The van der Waals surface area contributed by atoms with Gasteiger partial charge < -0.3 is 20.5 Å². The number of hydrogen-bond acceptors (Lipinski definition) is 4. The highest BCUT2D eigenvalue weighted by Gasteiger charge is 2.27. The maximum atomic E-state index is 11.5. The Kier molecular flexibility index (Phi) is 4.86. The van der Waals surface area contributed by atoms with E-state index in [1.165, 1.54) is 0 Å². The molecule has 5 nitrogen and oxygen atoms in total. The van der Waals surface area contributed by atoms with Crippen LogP contribution in [0.4, 0.5) is 0 Å². The minimum Gasteiger partial charge on any atom is -0.394 e. The average Bonchev–Trinajstić information content (AvgIpc) is 2.65. The number of aliphatic hydroxyl groups is 1. The first kappa shape index (κ1) is 11.4. The molecule has 1 fully saturated rings. The number of carbonyl (C=O) groups is 1. The zero-order valence-electron chi connectivity index (χ0n) is 8.32. The van der Waals surface area contributed by atoms with Gasteiger partial charge in [0.05, 0.1) is 19.3 Å². The molecular formula is C9H18N2O3. The number of likely N-dealkylation sites (tertiary alicyclic amines) is 1. The van der Waals surface area contributed by atoms with Gasteiger partial charge >= 0.3 is 0 Å². The normalized spacial score (nSPS) is 21.6. The fourth-order valence-corrected chi connectivity index (χ4v) is 1.68.